The molecule has 0 heterocycles. The summed E-state index contributed by atoms with van der Waals surface area (Å²) in [5, 5.41) is 8.55. The van der Waals surface area contributed by atoms with Gasteiger partial charge >= 0.3 is 0 Å². The summed E-state index contributed by atoms with van der Waals surface area (Å²) in [6.07, 6.45) is 1.62. The van der Waals surface area contributed by atoms with Gasteiger partial charge in [-0.2, -0.15) is 0 Å². The lowest BCUT2D eigenvalue weighted by atomic mass is 10.1. The summed E-state index contributed by atoms with van der Waals surface area (Å²) in [6, 6.07) is 29.3. The fourth-order valence-electron chi connectivity index (χ4n) is 3.74. The first-order valence-electron chi connectivity index (χ1n) is 12.5. The minimum absolute atomic E-state index is 0.0902. The Balaban J connectivity index is 1.41. The van der Waals surface area contributed by atoms with Crippen molar-refractivity contribution < 1.29 is 14.4 Å². The first-order chi connectivity index (χ1) is 19.3. The molecule has 0 saturated carbocycles. The number of carbonyl (C=O) groups is 3. The van der Waals surface area contributed by atoms with Crippen LogP contribution in [-0.2, 0) is 9.59 Å². The van der Waals surface area contributed by atoms with E-state index in [0.29, 0.717) is 11.3 Å². The summed E-state index contributed by atoms with van der Waals surface area (Å²) in [4.78, 5) is 39.4. The van der Waals surface area contributed by atoms with Crippen LogP contribution in [0, 0.1) is 13.8 Å². The van der Waals surface area contributed by atoms with E-state index in [4.69, 9.17) is 0 Å². The quantitative estimate of drug-likeness (QED) is 0.137. The molecule has 0 fully saturated rings. The first-order valence-corrected chi connectivity index (χ1v) is 14.3. The van der Waals surface area contributed by atoms with Gasteiger partial charge in [-0.15, -0.1) is 11.8 Å². The predicted octanol–water partition coefficient (Wildman–Crippen LogP) is 7.21. The normalized spacial score (nSPS) is 11.0. The highest BCUT2D eigenvalue weighted by Gasteiger charge is 2.15. The van der Waals surface area contributed by atoms with E-state index in [-0.39, 0.29) is 23.3 Å². The monoisotopic (exact) mass is 613 g/mol. The Morgan fingerprint density at radius 1 is 0.825 bits per heavy atom. The number of benzene rings is 4. The molecule has 6 nitrogen and oxygen atoms in total. The van der Waals surface area contributed by atoms with Crippen LogP contribution in [0.3, 0.4) is 0 Å². The van der Waals surface area contributed by atoms with Gasteiger partial charge in [0.05, 0.1) is 5.75 Å². The first kappa shape index (κ1) is 28.9. The molecular weight excluding hydrogens is 586 g/mol. The minimum Gasteiger partial charge on any atom is -0.325 e. The molecule has 0 spiro atoms. The van der Waals surface area contributed by atoms with Crippen LogP contribution >= 0.6 is 27.7 Å². The van der Waals surface area contributed by atoms with Crippen molar-refractivity contribution in [3.8, 4) is 0 Å². The van der Waals surface area contributed by atoms with Crippen LogP contribution in [0.4, 0.5) is 11.4 Å². The molecule has 0 atom stereocenters. The Morgan fingerprint density at radius 2 is 1.57 bits per heavy atom. The average Bonchev–Trinajstić information content (AvgIpc) is 2.94. The van der Waals surface area contributed by atoms with Crippen molar-refractivity contribution in [2.75, 3.05) is 16.4 Å². The number of carbonyl (C=O) groups excluding carboxylic acids is 3. The molecule has 0 bridgehead atoms. The van der Waals surface area contributed by atoms with Gasteiger partial charge in [0.1, 0.15) is 5.70 Å². The van der Waals surface area contributed by atoms with Crippen molar-refractivity contribution in [1.82, 2.24) is 5.32 Å². The van der Waals surface area contributed by atoms with E-state index in [1.807, 2.05) is 74.5 Å². The molecule has 0 aliphatic heterocycles. The number of hydrogen-bond donors (Lipinski definition) is 3. The predicted molar refractivity (Wildman–Crippen MR) is 166 cm³/mol. The van der Waals surface area contributed by atoms with Crippen LogP contribution in [-0.4, -0.2) is 23.5 Å². The second-order valence-corrected chi connectivity index (χ2v) is 11.0. The SMILES string of the molecule is Cc1ccc(C)c(NC(=O)CSc2ccc(NC(=O)/C(=C/c3cccc(Br)c3)NC(=O)c3ccccc3)cc2)c1. The van der Waals surface area contributed by atoms with E-state index in [0.717, 1.165) is 31.7 Å². The molecule has 3 N–H and O–H groups in total. The largest absolute Gasteiger partial charge is 0.325 e. The molecule has 0 radical (unpaired) electrons. The van der Waals surface area contributed by atoms with Crippen molar-refractivity contribution in [3.05, 3.63) is 129 Å². The van der Waals surface area contributed by atoms with Gasteiger partial charge in [0.2, 0.25) is 5.91 Å². The second kappa shape index (κ2) is 13.8. The third kappa shape index (κ3) is 8.43. The van der Waals surface area contributed by atoms with Gasteiger partial charge in [-0.05, 0) is 91.2 Å². The molecule has 0 aromatic heterocycles. The summed E-state index contributed by atoms with van der Waals surface area (Å²) in [5.41, 5.74) is 4.77. The maximum absolute atomic E-state index is 13.2. The number of halogens is 1. The Hall–Kier alpha value is -4.14. The third-order valence-corrected chi connectivity index (χ3v) is 7.34. The zero-order chi connectivity index (χ0) is 28.5. The topological polar surface area (TPSA) is 87.3 Å². The van der Waals surface area contributed by atoms with Gasteiger partial charge in [-0.25, -0.2) is 0 Å². The molecule has 3 amide bonds. The molecule has 4 rings (SSSR count). The fraction of sp³-hybridized carbons (Fsp3) is 0.0938. The van der Waals surface area contributed by atoms with E-state index in [9.17, 15) is 14.4 Å². The molecule has 202 valence electrons. The molecule has 0 aliphatic rings. The highest BCUT2D eigenvalue weighted by Crippen LogP contribution is 2.22. The lowest BCUT2D eigenvalue weighted by Crippen LogP contribution is -2.30. The summed E-state index contributed by atoms with van der Waals surface area (Å²) >= 11 is 4.84. The summed E-state index contributed by atoms with van der Waals surface area (Å²) in [5.74, 6) is -0.683. The van der Waals surface area contributed by atoms with Crippen LogP contribution in [0.15, 0.2) is 112 Å². The van der Waals surface area contributed by atoms with Crippen LogP contribution in [0.1, 0.15) is 27.0 Å². The molecular formula is C32H28BrN3O3S. The number of nitrogens with one attached hydrogen (secondary N) is 3. The maximum Gasteiger partial charge on any atom is 0.272 e. The zero-order valence-electron chi connectivity index (χ0n) is 22.0. The number of anilines is 2. The van der Waals surface area contributed by atoms with Crippen molar-refractivity contribution >= 4 is 62.9 Å². The van der Waals surface area contributed by atoms with E-state index >= 15 is 0 Å². The molecule has 40 heavy (non-hydrogen) atoms. The fourth-order valence-corrected chi connectivity index (χ4v) is 4.86. The molecule has 4 aromatic rings. The molecule has 0 saturated heterocycles. The van der Waals surface area contributed by atoms with Crippen molar-refractivity contribution in [2.45, 2.75) is 18.7 Å². The van der Waals surface area contributed by atoms with E-state index < -0.39 is 5.91 Å². The summed E-state index contributed by atoms with van der Waals surface area (Å²) < 4.78 is 0.853. The van der Waals surface area contributed by atoms with Crippen LogP contribution < -0.4 is 16.0 Å². The van der Waals surface area contributed by atoms with Crippen LogP contribution in [0.25, 0.3) is 6.08 Å². The third-order valence-electron chi connectivity index (χ3n) is 5.84. The molecule has 4 aromatic carbocycles. The molecule has 0 unspecified atom stereocenters. The van der Waals surface area contributed by atoms with Gasteiger partial charge in [0, 0.05) is 26.3 Å². The van der Waals surface area contributed by atoms with Gasteiger partial charge in [0.25, 0.3) is 11.8 Å². The van der Waals surface area contributed by atoms with Crippen LogP contribution in [0.2, 0.25) is 0 Å². The van der Waals surface area contributed by atoms with Gasteiger partial charge in [0.15, 0.2) is 0 Å². The van der Waals surface area contributed by atoms with E-state index in [1.54, 1.807) is 42.5 Å². The minimum atomic E-state index is -0.461. The smallest absolute Gasteiger partial charge is 0.272 e. The van der Waals surface area contributed by atoms with Gasteiger partial charge in [-0.1, -0.05) is 58.4 Å². The Kier molecular flexibility index (Phi) is 9.94. The number of aryl methyl sites for hydroxylation is 2. The lowest BCUT2D eigenvalue weighted by molar-refractivity contribution is -0.114. The number of hydrogen-bond acceptors (Lipinski definition) is 4. The standard InChI is InChI=1S/C32H28BrN3O3S/c1-21-11-12-22(2)28(17-21)35-30(37)20-40-27-15-13-26(14-16-27)34-32(39)29(19-23-7-6-10-25(33)18-23)36-31(38)24-8-4-3-5-9-24/h3-19H,20H2,1-2H3,(H,34,39)(H,35,37)(H,36,38)/b29-19-. The highest BCUT2D eigenvalue weighted by molar-refractivity contribution is 9.10. The molecule has 0 aliphatic carbocycles. The molecule has 8 heteroatoms. The number of thioether (sulfide) groups is 1. The zero-order valence-corrected chi connectivity index (χ0v) is 24.4. The van der Waals surface area contributed by atoms with Gasteiger partial charge in [-0.3, -0.25) is 14.4 Å². The van der Waals surface area contributed by atoms with Gasteiger partial charge < -0.3 is 16.0 Å². The van der Waals surface area contributed by atoms with Crippen molar-refractivity contribution in [2.24, 2.45) is 0 Å². The van der Waals surface area contributed by atoms with Crippen LogP contribution in [0.5, 0.6) is 0 Å². The average molecular weight is 615 g/mol. The van der Waals surface area contributed by atoms with Crippen molar-refractivity contribution in [3.63, 3.8) is 0 Å². The number of amides is 3. The van der Waals surface area contributed by atoms with E-state index in [2.05, 4.69) is 31.9 Å². The van der Waals surface area contributed by atoms with E-state index in [1.165, 1.54) is 11.8 Å². The Bertz CT molecular complexity index is 1550. The summed E-state index contributed by atoms with van der Waals surface area (Å²) in [7, 11) is 0. The summed E-state index contributed by atoms with van der Waals surface area (Å²) in [6.45, 7) is 3.95. The maximum atomic E-state index is 13.2. The Morgan fingerprint density at radius 3 is 2.30 bits per heavy atom. The lowest BCUT2D eigenvalue weighted by Gasteiger charge is -2.12. The second-order valence-electron chi connectivity index (χ2n) is 9.07. The number of rotatable bonds is 9. The van der Waals surface area contributed by atoms with Crippen molar-refractivity contribution in [1.29, 1.82) is 0 Å². The highest BCUT2D eigenvalue weighted by atomic mass is 79.9. The Labute approximate surface area is 246 Å².